The van der Waals surface area contributed by atoms with E-state index in [0.717, 1.165) is 24.1 Å². The van der Waals surface area contributed by atoms with Crippen molar-refractivity contribution < 1.29 is 14.7 Å². The lowest BCUT2D eigenvalue weighted by atomic mass is 10.1. The van der Waals surface area contributed by atoms with Gasteiger partial charge in [0.15, 0.2) is 0 Å². The van der Waals surface area contributed by atoms with E-state index in [9.17, 15) is 9.59 Å². The maximum Gasteiger partial charge on any atom is 0.317 e. The Kier molecular flexibility index (Phi) is 6.71. The molecule has 0 saturated carbocycles. The Morgan fingerprint density at radius 3 is 2.71 bits per heavy atom. The van der Waals surface area contributed by atoms with E-state index < -0.39 is 5.97 Å². The molecule has 21 heavy (non-hydrogen) atoms. The molecule has 0 aromatic carbocycles. The summed E-state index contributed by atoms with van der Waals surface area (Å²) in [6.45, 7) is 6.49. The number of rotatable bonds is 8. The molecule has 7 heteroatoms. The van der Waals surface area contributed by atoms with Gasteiger partial charge in [0.25, 0.3) is 0 Å². The van der Waals surface area contributed by atoms with Gasteiger partial charge in [0.2, 0.25) is 0 Å². The maximum atomic E-state index is 12.0. The van der Waals surface area contributed by atoms with Crippen LogP contribution in [0.15, 0.2) is 6.20 Å². The fourth-order valence-electron chi connectivity index (χ4n) is 2.01. The van der Waals surface area contributed by atoms with E-state index in [1.54, 1.807) is 6.20 Å². The summed E-state index contributed by atoms with van der Waals surface area (Å²) >= 11 is 0. The Morgan fingerprint density at radius 2 is 2.19 bits per heavy atom. The molecular weight excluding hydrogens is 272 g/mol. The second-order valence-electron chi connectivity index (χ2n) is 5.29. The Bertz CT molecular complexity index is 471. The minimum atomic E-state index is -0.899. The molecule has 3 N–H and O–H groups in total. The van der Waals surface area contributed by atoms with Crippen LogP contribution in [0.25, 0.3) is 0 Å². The molecule has 0 atom stereocenters. The van der Waals surface area contributed by atoms with Crippen molar-refractivity contribution in [2.45, 2.75) is 46.1 Å². The number of aromatic amines is 1. The molecule has 0 fully saturated rings. The normalized spacial score (nSPS) is 10.7. The zero-order valence-corrected chi connectivity index (χ0v) is 12.8. The Morgan fingerprint density at radius 1 is 1.48 bits per heavy atom. The van der Waals surface area contributed by atoms with Gasteiger partial charge in [0.05, 0.1) is 12.6 Å². The first-order chi connectivity index (χ1) is 9.91. The fourth-order valence-corrected chi connectivity index (χ4v) is 2.01. The van der Waals surface area contributed by atoms with Crippen molar-refractivity contribution in [3.63, 3.8) is 0 Å². The van der Waals surface area contributed by atoms with Gasteiger partial charge in [-0.25, -0.2) is 4.79 Å². The molecule has 0 unspecified atom stereocenters. The van der Waals surface area contributed by atoms with Gasteiger partial charge >= 0.3 is 12.0 Å². The first kappa shape index (κ1) is 17.0. The standard InChI is InChI=1S/C14H24N4O3/c1-10(2)18(8-6-13(19)20)14(21)15-7-4-5-12-9-16-17-11(12)3/h9-10H,4-8H2,1-3H3,(H,15,21)(H,16,17)(H,19,20). The van der Waals surface area contributed by atoms with Crippen LogP contribution in [0, 0.1) is 6.92 Å². The van der Waals surface area contributed by atoms with Crippen LogP contribution in [0.3, 0.4) is 0 Å². The van der Waals surface area contributed by atoms with E-state index >= 15 is 0 Å². The zero-order valence-electron chi connectivity index (χ0n) is 12.8. The van der Waals surface area contributed by atoms with Crippen LogP contribution >= 0.6 is 0 Å². The van der Waals surface area contributed by atoms with Gasteiger partial charge in [-0.3, -0.25) is 9.89 Å². The summed E-state index contributed by atoms with van der Waals surface area (Å²) in [6, 6.07) is -0.240. The lowest BCUT2D eigenvalue weighted by molar-refractivity contribution is -0.137. The van der Waals surface area contributed by atoms with Crippen molar-refractivity contribution in [3.8, 4) is 0 Å². The third kappa shape index (κ3) is 5.85. The molecule has 0 spiro atoms. The highest BCUT2D eigenvalue weighted by molar-refractivity contribution is 5.75. The fraction of sp³-hybridized carbons (Fsp3) is 0.643. The molecule has 1 heterocycles. The molecule has 2 amide bonds. The molecule has 0 aliphatic carbocycles. The summed E-state index contributed by atoms with van der Waals surface area (Å²) in [5.74, 6) is -0.899. The SMILES string of the molecule is Cc1[nH]ncc1CCCNC(=O)N(CCC(=O)O)C(C)C. The number of nitrogens with zero attached hydrogens (tertiary/aromatic N) is 2. The van der Waals surface area contributed by atoms with Crippen LogP contribution in [-0.2, 0) is 11.2 Å². The number of amides is 2. The summed E-state index contributed by atoms with van der Waals surface area (Å²) in [7, 11) is 0. The average molecular weight is 296 g/mol. The summed E-state index contributed by atoms with van der Waals surface area (Å²) in [5.41, 5.74) is 2.20. The topological polar surface area (TPSA) is 98.3 Å². The predicted molar refractivity (Wildman–Crippen MR) is 79.1 cm³/mol. The monoisotopic (exact) mass is 296 g/mol. The van der Waals surface area contributed by atoms with Crippen LogP contribution in [0.4, 0.5) is 4.79 Å². The molecule has 0 aliphatic rings. The van der Waals surface area contributed by atoms with E-state index in [-0.39, 0.29) is 25.0 Å². The van der Waals surface area contributed by atoms with Crippen LogP contribution < -0.4 is 5.32 Å². The largest absolute Gasteiger partial charge is 0.481 e. The summed E-state index contributed by atoms with van der Waals surface area (Å²) < 4.78 is 0. The minimum Gasteiger partial charge on any atom is -0.481 e. The van der Waals surface area contributed by atoms with Crippen molar-refractivity contribution in [2.75, 3.05) is 13.1 Å². The smallest absolute Gasteiger partial charge is 0.317 e. The zero-order chi connectivity index (χ0) is 15.8. The van der Waals surface area contributed by atoms with Gasteiger partial charge in [-0.05, 0) is 39.2 Å². The quantitative estimate of drug-likeness (QED) is 0.634. The number of aryl methyl sites for hydroxylation is 2. The molecule has 0 bridgehead atoms. The molecule has 0 saturated heterocycles. The summed E-state index contributed by atoms with van der Waals surface area (Å²) in [5, 5.41) is 18.4. The number of carboxylic acids is 1. The molecule has 7 nitrogen and oxygen atoms in total. The van der Waals surface area contributed by atoms with Crippen LogP contribution in [0.5, 0.6) is 0 Å². The van der Waals surface area contributed by atoms with Crippen LogP contribution in [-0.4, -0.2) is 51.3 Å². The van der Waals surface area contributed by atoms with Crippen molar-refractivity contribution >= 4 is 12.0 Å². The second-order valence-corrected chi connectivity index (χ2v) is 5.29. The Labute approximate surface area is 124 Å². The number of H-pyrrole nitrogens is 1. The highest BCUT2D eigenvalue weighted by Crippen LogP contribution is 2.05. The van der Waals surface area contributed by atoms with Crippen molar-refractivity contribution in [1.82, 2.24) is 20.4 Å². The van der Waals surface area contributed by atoms with Gasteiger partial charge in [-0.2, -0.15) is 5.10 Å². The first-order valence-electron chi connectivity index (χ1n) is 7.17. The van der Waals surface area contributed by atoms with E-state index in [4.69, 9.17) is 5.11 Å². The molecular formula is C14H24N4O3. The molecule has 0 radical (unpaired) electrons. The van der Waals surface area contributed by atoms with E-state index in [0.29, 0.717) is 6.54 Å². The third-order valence-corrected chi connectivity index (χ3v) is 3.28. The molecule has 1 aromatic heterocycles. The van der Waals surface area contributed by atoms with E-state index in [2.05, 4.69) is 15.5 Å². The number of carbonyl (C=O) groups is 2. The van der Waals surface area contributed by atoms with Gasteiger partial charge in [-0.1, -0.05) is 0 Å². The lowest BCUT2D eigenvalue weighted by Crippen LogP contribution is -2.45. The number of aromatic nitrogens is 2. The summed E-state index contributed by atoms with van der Waals surface area (Å²) in [4.78, 5) is 24.2. The van der Waals surface area contributed by atoms with Gasteiger partial charge in [0, 0.05) is 24.8 Å². The molecule has 1 rings (SSSR count). The average Bonchev–Trinajstić information content (AvgIpc) is 2.79. The maximum absolute atomic E-state index is 12.0. The number of carbonyl (C=O) groups excluding carboxylic acids is 1. The van der Waals surface area contributed by atoms with Gasteiger partial charge in [-0.15, -0.1) is 0 Å². The lowest BCUT2D eigenvalue weighted by Gasteiger charge is -2.26. The van der Waals surface area contributed by atoms with Gasteiger partial charge < -0.3 is 15.3 Å². The molecule has 0 aliphatic heterocycles. The van der Waals surface area contributed by atoms with Crippen molar-refractivity contribution in [3.05, 3.63) is 17.5 Å². The molecule has 118 valence electrons. The first-order valence-corrected chi connectivity index (χ1v) is 7.17. The second kappa shape index (κ2) is 8.28. The summed E-state index contributed by atoms with van der Waals surface area (Å²) in [6.07, 6.45) is 3.42. The number of carboxylic acid groups (broad SMARTS) is 1. The van der Waals surface area contributed by atoms with E-state index in [1.165, 1.54) is 4.90 Å². The van der Waals surface area contributed by atoms with Crippen molar-refractivity contribution in [1.29, 1.82) is 0 Å². The number of aliphatic carboxylic acids is 1. The van der Waals surface area contributed by atoms with Gasteiger partial charge in [0.1, 0.15) is 0 Å². The highest BCUT2D eigenvalue weighted by atomic mass is 16.4. The number of hydrogen-bond acceptors (Lipinski definition) is 3. The third-order valence-electron chi connectivity index (χ3n) is 3.28. The van der Waals surface area contributed by atoms with Crippen molar-refractivity contribution in [2.24, 2.45) is 0 Å². The Balaban J connectivity index is 2.33. The minimum absolute atomic E-state index is 0.0273. The van der Waals surface area contributed by atoms with E-state index in [1.807, 2.05) is 20.8 Å². The number of nitrogens with one attached hydrogen (secondary N) is 2. The number of urea groups is 1. The van der Waals surface area contributed by atoms with Crippen LogP contribution in [0.2, 0.25) is 0 Å². The highest BCUT2D eigenvalue weighted by Gasteiger charge is 2.17. The number of hydrogen-bond donors (Lipinski definition) is 3. The predicted octanol–water partition coefficient (Wildman–Crippen LogP) is 1.55. The molecule has 1 aromatic rings. The Hall–Kier alpha value is -2.05. The van der Waals surface area contributed by atoms with Crippen LogP contribution in [0.1, 0.15) is 37.9 Å².